The number of benzene rings is 1. The van der Waals surface area contributed by atoms with E-state index in [-0.39, 0.29) is 12.2 Å². The van der Waals surface area contributed by atoms with Gasteiger partial charge in [0.25, 0.3) is 0 Å². The van der Waals surface area contributed by atoms with Crippen LogP contribution < -0.4 is 0 Å². The van der Waals surface area contributed by atoms with Crippen LogP contribution in [0.2, 0.25) is 0 Å². The summed E-state index contributed by atoms with van der Waals surface area (Å²) in [6.45, 7) is -0.281. The zero-order valence-corrected chi connectivity index (χ0v) is 4.69. The van der Waals surface area contributed by atoms with Gasteiger partial charge in [-0.1, -0.05) is 0 Å². The van der Waals surface area contributed by atoms with Gasteiger partial charge < -0.3 is 5.11 Å². The normalized spacial score (nSPS) is 9.56. The third kappa shape index (κ3) is 1.27. The topological polar surface area (TPSA) is 20.2 Å². The fourth-order valence-corrected chi connectivity index (χ4v) is 0.517. The van der Waals surface area contributed by atoms with E-state index < -0.39 is 5.82 Å². The molecule has 0 aromatic heterocycles. The Bertz CT molecular complexity index is 198. The van der Waals surface area contributed by atoms with E-state index in [9.17, 15) is 4.39 Å². The molecule has 0 aliphatic rings. The summed E-state index contributed by atoms with van der Waals surface area (Å²) in [6, 6.07) is 7.47. The zero-order chi connectivity index (χ0) is 6.69. The predicted octanol–water partition coefficient (Wildman–Crippen LogP) is 0.918. The average molecular weight is 124 g/mol. The van der Waals surface area contributed by atoms with Crippen LogP contribution in [0.4, 0.5) is 4.39 Å². The first-order valence-corrected chi connectivity index (χ1v) is 2.51. The maximum absolute atomic E-state index is 12.4. The summed E-state index contributed by atoms with van der Waals surface area (Å²) in [4.78, 5) is 0. The van der Waals surface area contributed by atoms with E-state index in [1.807, 2.05) is 0 Å². The van der Waals surface area contributed by atoms with Crippen LogP contribution in [-0.4, -0.2) is 5.11 Å². The highest BCUT2D eigenvalue weighted by molar-refractivity contribution is 5.13. The summed E-state index contributed by atoms with van der Waals surface area (Å²) < 4.78 is 12.4. The molecular weight excluding hydrogens is 119 g/mol. The third-order valence-corrected chi connectivity index (χ3v) is 1.01. The van der Waals surface area contributed by atoms with Gasteiger partial charge in [0.2, 0.25) is 0 Å². The van der Waals surface area contributed by atoms with Gasteiger partial charge in [0.1, 0.15) is 5.82 Å². The molecular formula is C7H5FO. The zero-order valence-electron chi connectivity index (χ0n) is 4.69. The summed E-state index contributed by atoms with van der Waals surface area (Å²) in [5.74, 6) is -0.434. The highest BCUT2D eigenvalue weighted by Gasteiger charge is 1.95. The summed E-state index contributed by atoms with van der Waals surface area (Å²) in [5.41, 5.74) is 0.258. The molecule has 46 valence electrons. The van der Waals surface area contributed by atoms with Crippen molar-refractivity contribution in [2.75, 3.05) is 0 Å². The lowest BCUT2D eigenvalue weighted by molar-refractivity contribution is 0.275. The van der Waals surface area contributed by atoms with E-state index in [1.54, 1.807) is 0 Å². The smallest absolute Gasteiger partial charge is 0.129 e. The minimum atomic E-state index is -0.434. The molecule has 9 heavy (non-hydrogen) atoms. The molecule has 0 aliphatic carbocycles. The van der Waals surface area contributed by atoms with Crippen LogP contribution in [-0.2, 0) is 6.61 Å². The largest absolute Gasteiger partial charge is 0.392 e. The van der Waals surface area contributed by atoms with Crippen molar-refractivity contribution in [2.24, 2.45) is 0 Å². The molecule has 0 aliphatic heterocycles. The summed E-state index contributed by atoms with van der Waals surface area (Å²) in [6.07, 6.45) is 0. The molecule has 0 saturated carbocycles. The molecule has 0 amide bonds. The minimum Gasteiger partial charge on any atom is -0.392 e. The summed E-state index contributed by atoms with van der Waals surface area (Å²) >= 11 is 0. The Morgan fingerprint density at radius 2 is 2.11 bits per heavy atom. The van der Waals surface area contributed by atoms with Gasteiger partial charge in [0, 0.05) is 5.56 Å². The molecule has 0 atom stereocenters. The van der Waals surface area contributed by atoms with Gasteiger partial charge in [0.15, 0.2) is 0 Å². The molecule has 1 rings (SSSR count). The monoisotopic (exact) mass is 124 g/mol. The Balaban J connectivity index is 3.01. The molecule has 2 heteroatoms. The first-order chi connectivity index (χ1) is 4.34. The number of aliphatic hydroxyl groups is 1. The van der Waals surface area contributed by atoms with Crippen LogP contribution in [0.15, 0.2) is 12.1 Å². The number of aliphatic hydroxyl groups excluding tert-OH is 1. The van der Waals surface area contributed by atoms with Crippen molar-refractivity contribution in [1.82, 2.24) is 0 Å². The number of hydrogen-bond acceptors (Lipinski definition) is 1. The fourth-order valence-electron chi connectivity index (χ4n) is 0.517. The van der Waals surface area contributed by atoms with Crippen molar-refractivity contribution < 1.29 is 9.50 Å². The average Bonchev–Trinajstić information content (AvgIpc) is 1.89. The van der Waals surface area contributed by atoms with E-state index >= 15 is 0 Å². The molecule has 1 aromatic carbocycles. The number of rotatable bonds is 1. The standard InChI is InChI=1S/C7H5FO/c8-7-4-2-1-3-6(7)5-9/h3-4,9H,5H2. The lowest BCUT2D eigenvalue weighted by Crippen LogP contribution is -1.87. The lowest BCUT2D eigenvalue weighted by Gasteiger charge is -1.93. The molecule has 0 fully saturated rings. The molecule has 1 aromatic rings. The molecule has 0 unspecified atom stereocenters. The van der Waals surface area contributed by atoms with Crippen molar-refractivity contribution in [3.63, 3.8) is 0 Å². The van der Waals surface area contributed by atoms with Gasteiger partial charge >= 0.3 is 0 Å². The summed E-state index contributed by atoms with van der Waals surface area (Å²) in [7, 11) is 0. The molecule has 0 saturated heterocycles. The molecule has 1 N–H and O–H groups in total. The minimum absolute atomic E-state index is 0.258. The van der Waals surface area contributed by atoms with Gasteiger partial charge in [-0.3, -0.25) is 0 Å². The Morgan fingerprint density at radius 3 is 2.56 bits per heavy atom. The van der Waals surface area contributed by atoms with Crippen LogP contribution in [0.5, 0.6) is 0 Å². The van der Waals surface area contributed by atoms with Gasteiger partial charge in [-0.15, -0.1) is 0 Å². The van der Waals surface area contributed by atoms with Crippen molar-refractivity contribution in [1.29, 1.82) is 0 Å². The SMILES string of the molecule is OCc1c[c][c]cc1F. The highest BCUT2D eigenvalue weighted by atomic mass is 19.1. The van der Waals surface area contributed by atoms with Gasteiger partial charge in [-0.25, -0.2) is 4.39 Å². The van der Waals surface area contributed by atoms with Crippen LogP contribution in [0.25, 0.3) is 0 Å². The maximum atomic E-state index is 12.4. The van der Waals surface area contributed by atoms with Crippen molar-refractivity contribution >= 4 is 0 Å². The number of hydrogen-bond donors (Lipinski definition) is 1. The second kappa shape index (κ2) is 2.60. The van der Waals surface area contributed by atoms with Crippen molar-refractivity contribution in [3.8, 4) is 0 Å². The Kier molecular flexibility index (Phi) is 1.80. The van der Waals surface area contributed by atoms with E-state index in [1.165, 1.54) is 6.07 Å². The first kappa shape index (κ1) is 6.23. The third-order valence-electron chi connectivity index (χ3n) is 1.01. The van der Waals surface area contributed by atoms with Gasteiger partial charge in [-0.05, 0) is 24.3 Å². The number of halogens is 1. The van der Waals surface area contributed by atoms with E-state index in [2.05, 4.69) is 12.1 Å². The Hall–Kier alpha value is -0.890. The van der Waals surface area contributed by atoms with Crippen LogP contribution in [0, 0.1) is 17.9 Å². The maximum Gasteiger partial charge on any atom is 0.129 e. The molecule has 0 heterocycles. The fraction of sp³-hybridized carbons (Fsp3) is 0.143. The second-order valence-electron chi connectivity index (χ2n) is 1.61. The predicted molar refractivity (Wildman–Crippen MR) is 30.0 cm³/mol. The molecule has 2 radical (unpaired) electrons. The van der Waals surface area contributed by atoms with Crippen LogP contribution >= 0.6 is 0 Å². The quantitative estimate of drug-likeness (QED) is 0.590. The Labute approximate surface area is 52.8 Å². The van der Waals surface area contributed by atoms with Gasteiger partial charge in [0.05, 0.1) is 6.61 Å². The highest BCUT2D eigenvalue weighted by Crippen LogP contribution is 2.03. The van der Waals surface area contributed by atoms with E-state index in [0.717, 1.165) is 6.07 Å². The van der Waals surface area contributed by atoms with E-state index in [0.29, 0.717) is 0 Å². The Morgan fingerprint density at radius 1 is 1.44 bits per heavy atom. The van der Waals surface area contributed by atoms with E-state index in [4.69, 9.17) is 5.11 Å². The lowest BCUT2D eigenvalue weighted by atomic mass is 10.2. The summed E-state index contributed by atoms with van der Waals surface area (Å²) in [5, 5.41) is 8.44. The van der Waals surface area contributed by atoms with Crippen molar-refractivity contribution in [2.45, 2.75) is 6.61 Å². The molecule has 0 spiro atoms. The second-order valence-corrected chi connectivity index (χ2v) is 1.61. The molecule has 0 bridgehead atoms. The van der Waals surface area contributed by atoms with Crippen LogP contribution in [0.1, 0.15) is 5.56 Å². The first-order valence-electron chi connectivity index (χ1n) is 2.51. The van der Waals surface area contributed by atoms with Gasteiger partial charge in [-0.2, -0.15) is 0 Å². The van der Waals surface area contributed by atoms with Crippen molar-refractivity contribution in [3.05, 3.63) is 35.6 Å². The molecule has 1 nitrogen and oxygen atoms in total. The van der Waals surface area contributed by atoms with Crippen LogP contribution in [0.3, 0.4) is 0 Å².